The fraction of sp³-hybridized carbons (Fsp3) is 0.409. The number of ether oxygens (including phenoxy) is 1. The Morgan fingerprint density at radius 1 is 1.17 bits per heavy atom. The van der Waals surface area contributed by atoms with Crippen molar-refractivity contribution in [2.24, 2.45) is 4.99 Å². The van der Waals surface area contributed by atoms with E-state index in [4.69, 9.17) is 4.74 Å². The zero-order chi connectivity index (χ0) is 19.9. The number of aliphatic imine (C=N–C) groups is 1. The number of halogens is 1. The third kappa shape index (κ3) is 6.16. The van der Waals surface area contributed by atoms with Crippen LogP contribution in [0.15, 0.2) is 53.5 Å². The van der Waals surface area contributed by atoms with E-state index >= 15 is 0 Å². The van der Waals surface area contributed by atoms with Crippen molar-refractivity contribution in [2.45, 2.75) is 19.0 Å². The number of hydrogen-bond donors (Lipinski definition) is 2. The van der Waals surface area contributed by atoms with Crippen LogP contribution in [0.2, 0.25) is 0 Å². The number of methoxy groups -OCH3 is 1. The molecule has 1 fully saturated rings. The largest absolute Gasteiger partial charge is 0.495 e. The highest BCUT2D eigenvalue weighted by Crippen LogP contribution is 2.30. The maximum Gasteiger partial charge on any atom is 0.191 e. The lowest BCUT2D eigenvalue weighted by Crippen LogP contribution is -2.44. The molecule has 0 radical (unpaired) electrons. The van der Waals surface area contributed by atoms with Gasteiger partial charge in [0, 0.05) is 52.5 Å². The second-order valence-electron chi connectivity index (χ2n) is 7.23. The van der Waals surface area contributed by atoms with Crippen LogP contribution in [0.3, 0.4) is 0 Å². The molecular weight excluding hydrogens is 477 g/mol. The second-order valence-corrected chi connectivity index (χ2v) is 7.23. The Bertz CT molecular complexity index is 794. The van der Waals surface area contributed by atoms with E-state index in [1.54, 1.807) is 7.11 Å². The lowest BCUT2D eigenvalue weighted by atomic mass is 10.2. The molecule has 6 nitrogen and oxygen atoms in total. The molecule has 29 heavy (non-hydrogen) atoms. The van der Waals surface area contributed by atoms with Gasteiger partial charge in [0.25, 0.3) is 0 Å². The Balaban J connectivity index is 0.00000300. The predicted octanol–water partition coefficient (Wildman–Crippen LogP) is 3.32. The molecule has 1 aliphatic heterocycles. The third-order valence-electron chi connectivity index (χ3n) is 5.09. The van der Waals surface area contributed by atoms with Crippen LogP contribution >= 0.6 is 24.0 Å². The topological polar surface area (TPSA) is 52.1 Å². The number of para-hydroxylation sites is 2. The fourth-order valence-electron chi connectivity index (χ4n) is 3.47. The molecular formula is C22H32IN5O. The molecule has 1 heterocycles. The van der Waals surface area contributed by atoms with E-state index in [0.717, 1.165) is 43.5 Å². The molecule has 1 unspecified atom stereocenters. The minimum absolute atomic E-state index is 0. The molecule has 0 amide bonds. The quantitative estimate of drug-likeness (QED) is 0.356. The summed E-state index contributed by atoms with van der Waals surface area (Å²) in [5, 5.41) is 6.97. The first-order valence-electron chi connectivity index (χ1n) is 9.72. The van der Waals surface area contributed by atoms with Crippen LogP contribution in [-0.4, -0.2) is 53.3 Å². The molecule has 2 aromatic carbocycles. The van der Waals surface area contributed by atoms with Gasteiger partial charge in [-0.3, -0.25) is 4.99 Å². The van der Waals surface area contributed by atoms with Crippen LogP contribution in [-0.2, 0) is 6.54 Å². The highest BCUT2D eigenvalue weighted by Gasteiger charge is 2.25. The Hall–Kier alpha value is -2.16. The van der Waals surface area contributed by atoms with Crippen molar-refractivity contribution in [2.75, 3.05) is 51.1 Å². The molecule has 3 rings (SSSR count). The summed E-state index contributed by atoms with van der Waals surface area (Å²) in [6.45, 7) is 2.68. The number of anilines is 2. The van der Waals surface area contributed by atoms with Gasteiger partial charge in [-0.2, -0.15) is 0 Å². The molecule has 0 saturated carbocycles. The number of hydrogen-bond acceptors (Lipinski definition) is 4. The van der Waals surface area contributed by atoms with Gasteiger partial charge in [-0.1, -0.05) is 24.3 Å². The zero-order valence-corrected chi connectivity index (χ0v) is 20.0. The Morgan fingerprint density at radius 3 is 2.55 bits per heavy atom. The first-order chi connectivity index (χ1) is 13.6. The smallest absolute Gasteiger partial charge is 0.191 e. The second kappa shape index (κ2) is 11.1. The normalized spacial score (nSPS) is 16.2. The molecule has 2 N–H and O–H groups in total. The summed E-state index contributed by atoms with van der Waals surface area (Å²) in [6, 6.07) is 17.1. The molecule has 1 atom stereocenters. The van der Waals surface area contributed by atoms with Crippen molar-refractivity contribution >= 4 is 41.3 Å². The van der Waals surface area contributed by atoms with Crippen LogP contribution in [0.1, 0.15) is 12.0 Å². The maximum absolute atomic E-state index is 5.50. The minimum Gasteiger partial charge on any atom is -0.495 e. The Morgan fingerprint density at radius 2 is 1.90 bits per heavy atom. The van der Waals surface area contributed by atoms with Gasteiger partial charge in [0.2, 0.25) is 0 Å². The number of nitrogens with zero attached hydrogens (tertiary/aromatic N) is 3. The van der Waals surface area contributed by atoms with E-state index in [0.29, 0.717) is 6.04 Å². The summed E-state index contributed by atoms with van der Waals surface area (Å²) < 4.78 is 5.50. The summed E-state index contributed by atoms with van der Waals surface area (Å²) >= 11 is 0. The maximum atomic E-state index is 5.50. The summed E-state index contributed by atoms with van der Waals surface area (Å²) in [5.74, 6) is 1.76. The number of rotatable bonds is 6. The van der Waals surface area contributed by atoms with Gasteiger partial charge >= 0.3 is 0 Å². The van der Waals surface area contributed by atoms with E-state index in [1.165, 1.54) is 11.3 Å². The summed E-state index contributed by atoms with van der Waals surface area (Å²) in [7, 11) is 7.64. The van der Waals surface area contributed by atoms with Crippen LogP contribution < -0.4 is 25.2 Å². The van der Waals surface area contributed by atoms with Crippen LogP contribution in [0.25, 0.3) is 0 Å². The predicted molar refractivity (Wildman–Crippen MR) is 133 cm³/mol. The number of nitrogens with one attached hydrogen (secondary N) is 2. The fourth-order valence-corrected chi connectivity index (χ4v) is 3.47. The highest BCUT2D eigenvalue weighted by atomic mass is 127. The molecule has 1 saturated heterocycles. The monoisotopic (exact) mass is 509 g/mol. The molecule has 7 heteroatoms. The van der Waals surface area contributed by atoms with Gasteiger partial charge in [0.05, 0.1) is 12.8 Å². The zero-order valence-electron chi connectivity index (χ0n) is 17.7. The van der Waals surface area contributed by atoms with E-state index in [1.807, 2.05) is 19.2 Å². The SMILES string of the molecule is CN=C(NCc1ccc(N(C)C)cc1)NC1CCN(c2ccccc2OC)C1.I. The Kier molecular flexibility index (Phi) is 8.88. The number of guanidine groups is 1. The van der Waals surface area contributed by atoms with Crippen LogP contribution in [0, 0.1) is 0 Å². The van der Waals surface area contributed by atoms with Gasteiger partial charge in [-0.25, -0.2) is 0 Å². The Labute approximate surface area is 191 Å². The van der Waals surface area contributed by atoms with Crippen LogP contribution in [0.5, 0.6) is 5.75 Å². The lowest BCUT2D eigenvalue weighted by Gasteiger charge is -2.22. The van der Waals surface area contributed by atoms with E-state index in [2.05, 4.69) is 75.9 Å². The molecule has 2 aromatic rings. The molecule has 158 valence electrons. The van der Waals surface area contributed by atoms with E-state index in [9.17, 15) is 0 Å². The molecule has 0 bridgehead atoms. The summed E-state index contributed by atoms with van der Waals surface area (Å²) in [5.41, 5.74) is 3.59. The van der Waals surface area contributed by atoms with Crippen molar-refractivity contribution in [3.8, 4) is 5.75 Å². The van der Waals surface area contributed by atoms with Gasteiger partial charge in [-0.15, -0.1) is 24.0 Å². The van der Waals surface area contributed by atoms with Gasteiger partial charge in [0.1, 0.15) is 5.75 Å². The summed E-state index contributed by atoms with van der Waals surface area (Å²) in [4.78, 5) is 8.85. The van der Waals surface area contributed by atoms with Crippen LogP contribution in [0.4, 0.5) is 11.4 Å². The van der Waals surface area contributed by atoms with Gasteiger partial charge in [0.15, 0.2) is 5.96 Å². The first-order valence-corrected chi connectivity index (χ1v) is 9.72. The summed E-state index contributed by atoms with van der Waals surface area (Å²) in [6.07, 6.45) is 1.07. The number of benzene rings is 2. The molecule has 0 aromatic heterocycles. The van der Waals surface area contributed by atoms with Crippen molar-refractivity contribution in [3.05, 3.63) is 54.1 Å². The molecule has 1 aliphatic rings. The van der Waals surface area contributed by atoms with E-state index in [-0.39, 0.29) is 24.0 Å². The third-order valence-corrected chi connectivity index (χ3v) is 5.09. The highest BCUT2D eigenvalue weighted by molar-refractivity contribution is 14.0. The van der Waals surface area contributed by atoms with Gasteiger partial charge in [-0.05, 0) is 36.2 Å². The van der Waals surface area contributed by atoms with Crippen molar-refractivity contribution < 1.29 is 4.74 Å². The standard InChI is InChI=1S/C22H31N5O.HI/c1-23-22(24-15-17-9-11-19(12-10-17)26(2)3)25-18-13-14-27(16-18)20-7-5-6-8-21(20)28-4;/h5-12,18H,13-16H2,1-4H3,(H2,23,24,25);1H. The average molecular weight is 509 g/mol. The van der Waals surface area contributed by atoms with E-state index < -0.39 is 0 Å². The first kappa shape index (κ1) is 23.1. The average Bonchev–Trinajstić information content (AvgIpc) is 3.19. The lowest BCUT2D eigenvalue weighted by molar-refractivity contribution is 0.415. The van der Waals surface area contributed by atoms with Crippen molar-refractivity contribution in [1.29, 1.82) is 0 Å². The molecule has 0 spiro atoms. The minimum atomic E-state index is 0. The van der Waals surface area contributed by atoms with Crippen molar-refractivity contribution in [3.63, 3.8) is 0 Å². The van der Waals surface area contributed by atoms with Crippen molar-refractivity contribution in [1.82, 2.24) is 10.6 Å². The van der Waals surface area contributed by atoms with Gasteiger partial charge < -0.3 is 25.2 Å². The molecule has 0 aliphatic carbocycles.